The van der Waals surface area contributed by atoms with Gasteiger partial charge in [-0.3, -0.25) is 0 Å². The number of carbonyl (C=O) groups is 1. The Morgan fingerprint density at radius 2 is 1.69 bits per heavy atom. The quantitative estimate of drug-likeness (QED) is 0.352. The highest BCUT2D eigenvalue weighted by atomic mass is 16.7. The topological polar surface area (TPSA) is 69.3 Å². The van der Waals surface area contributed by atoms with Crippen molar-refractivity contribution in [3.8, 4) is 5.75 Å². The summed E-state index contributed by atoms with van der Waals surface area (Å²) in [6.07, 6.45) is 3.44. The largest absolute Gasteiger partial charge is 0.497 e. The highest BCUT2D eigenvalue weighted by molar-refractivity contribution is 6.45. The van der Waals surface area contributed by atoms with E-state index in [2.05, 4.69) is 52.1 Å². The van der Waals surface area contributed by atoms with Gasteiger partial charge in [-0.25, -0.2) is 4.79 Å². The van der Waals surface area contributed by atoms with Gasteiger partial charge in [-0.15, -0.1) is 0 Å². The molecule has 2 fully saturated rings. The normalized spacial score (nSPS) is 23.7. The number of methoxy groups -OCH3 is 1. The fourth-order valence-corrected chi connectivity index (χ4v) is 5.69. The van der Waals surface area contributed by atoms with Crippen molar-refractivity contribution in [1.29, 1.82) is 0 Å². The summed E-state index contributed by atoms with van der Waals surface area (Å²) in [7, 11) is 1.47. The Hall–Kier alpha value is -2.55. The third-order valence-corrected chi connectivity index (χ3v) is 9.03. The number of nitrogens with one attached hydrogen (secondary N) is 1. The Balaban J connectivity index is 1.38. The number of ether oxygens (including phenoxy) is 2. The van der Waals surface area contributed by atoms with Crippen LogP contribution in [0.15, 0.2) is 54.6 Å². The van der Waals surface area contributed by atoms with E-state index in [1.54, 1.807) is 7.11 Å². The highest BCUT2D eigenvalue weighted by Crippen LogP contribution is 2.43. The van der Waals surface area contributed by atoms with Gasteiger partial charge in [-0.2, -0.15) is 0 Å². The van der Waals surface area contributed by atoms with Gasteiger partial charge in [-0.05, 0) is 77.0 Å². The molecule has 1 amide bonds. The van der Waals surface area contributed by atoms with Crippen LogP contribution in [0.3, 0.4) is 0 Å². The van der Waals surface area contributed by atoms with Crippen LogP contribution in [0.1, 0.15) is 65.0 Å². The minimum absolute atomic E-state index is 0.0439. The summed E-state index contributed by atoms with van der Waals surface area (Å²) in [4.78, 5) is 15.0. The van der Waals surface area contributed by atoms with Gasteiger partial charge in [0.25, 0.3) is 0 Å². The van der Waals surface area contributed by atoms with E-state index in [1.807, 2.05) is 47.4 Å². The zero-order valence-corrected chi connectivity index (χ0v) is 24.5. The van der Waals surface area contributed by atoms with Gasteiger partial charge < -0.3 is 29.0 Å². The minimum Gasteiger partial charge on any atom is -0.497 e. The zero-order chi connectivity index (χ0) is 28.1. The first-order chi connectivity index (χ1) is 18.6. The lowest BCUT2D eigenvalue weighted by atomic mass is 9.72. The predicted octanol–water partition coefficient (Wildman–Crippen LogP) is 6.07. The van der Waals surface area contributed by atoms with Crippen LogP contribution in [-0.2, 0) is 27.2 Å². The molecule has 0 spiro atoms. The van der Waals surface area contributed by atoms with Crippen LogP contribution in [0.25, 0.3) is 0 Å². The summed E-state index contributed by atoms with van der Waals surface area (Å²) in [6.45, 7) is 13.1. The monoisotopic (exact) mass is 536 g/mol. The molecular weight excluding hydrogens is 491 g/mol. The van der Waals surface area contributed by atoms with E-state index in [0.717, 1.165) is 50.0 Å². The first-order valence-electron chi connectivity index (χ1n) is 14.2. The second kappa shape index (κ2) is 12.3. The van der Waals surface area contributed by atoms with E-state index in [0.29, 0.717) is 6.54 Å². The Kier molecular flexibility index (Phi) is 9.30. The maximum Gasteiger partial charge on any atom is 0.457 e. The molecule has 0 unspecified atom stereocenters. The van der Waals surface area contributed by atoms with Crippen molar-refractivity contribution < 1.29 is 23.6 Å². The molecule has 2 aromatic carbocycles. The molecule has 1 N–H and O–H groups in total. The van der Waals surface area contributed by atoms with Crippen LogP contribution >= 0.6 is 0 Å². The molecule has 39 heavy (non-hydrogen) atoms. The molecule has 0 aliphatic carbocycles. The third-order valence-electron chi connectivity index (χ3n) is 9.03. The van der Waals surface area contributed by atoms with Crippen molar-refractivity contribution in [2.45, 2.75) is 90.6 Å². The number of hydrogen-bond donors (Lipinski definition) is 1. The SMILES string of the molecule is COc1ccc(CNC[C@@]2(CCCB3OC(C)(C)C(C)(C)O3)CCN(C(=O)OCc3ccccc3)[C@@H]2C)cc1. The molecule has 4 rings (SSSR count). The first-order valence-corrected chi connectivity index (χ1v) is 14.2. The Morgan fingerprint density at radius 3 is 2.33 bits per heavy atom. The van der Waals surface area contributed by atoms with Crippen molar-refractivity contribution >= 4 is 13.2 Å². The summed E-state index contributed by atoms with van der Waals surface area (Å²) in [5.74, 6) is 0.854. The van der Waals surface area contributed by atoms with Crippen molar-refractivity contribution in [2.24, 2.45) is 5.41 Å². The summed E-state index contributed by atoms with van der Waals surface area (Å²) >= 11 is 0. The van der Waals surface area contributed by atoms with Gasteiger partial charge in [0.05, 0.1) is 18.3 Å². The van der Waals surface area contributed by atoms with Crippen LogP contribution in [0.5, 0.6) is 5.75 Å². The van der Waals surface area contributed by atoms with E-state index in [1.165, 1.54) is 5.56 Å². The van der Waals surface area contributed by atoms with Crippen molar-refractivity contribution in [1.82, 2.24) is 10.2 Å². The van der Waals surface area contributed by atoms with E-state index in [-0.39, 0.29) is 42.5 Å². The van der Waals surface area contributed by atoms with E-state index in [4.69, 9.17) is 18.8 Å². The van der Waals surface area contributed by atoms with Gasteiger partial charge in [0.2, 0.25) is 0 Å². The molecule has 2 aliphatic rings. The van der Waals surface area contributed by atoms with Gasteiger partial charge in [-0.1, -0.05) is 48.9 Å². The van der Waals surface area contributed by atoms with Crippen LogP contribution < -0.4 is 10.1 Å². The molecule has 0 aromatic heterocycles. The van der Waals surface area contributed by atoms with Crippen molar-refractivity contribution in [3.63, 3.8) is 0 Å². The summed E-state index contributed by atoms with van der Waals surface area (Å²) in [6, 6.07) is 18.0. The maximum atomic E-state index is 13.1. The second-order valence-electron chi connectivity index (χ2n) is 12.1. The number of amides is 1. The van der Waals surface area contributed by atoms with Gasteiger partial charge in [0, 0.05) is 31.1 Å². The van der Waals surface area contributed by atoms with E-state index >= 15 is 0 Å². The predicted molar refractivity (Wildman–Crippen MR) is 155 cm³/mol. The Bertz CT molecular complexity index is 1060. The number of likely N-dealkylation sites (tertiary alicyclic amines) is 1. The summed E-state index contributed by atoms with van der Waals surface area (Å²) in [5.41, 5.74) is 1.48. The third kappa shape index (κ3) is 6.97. The van der Waals surface area contributed by atoms with Gasteiger partial charge in [0.1, 0.15) is 12.4 Å². The molecule has 2 aliphatic heterocycles. The molecule has 2 aromatic rings. The Morgan fingerprint density at radius 1 is 1.03 bits per heavy atom. The van der Waals surface area contributed by atoms with Crippen molar-refractivity contribution in [2.75, 3.05) is 20.2 Å². The lowest BCUT2D eigenvalue weighted by Crippen LogP contribution is -2.45. The van der Waals surface area contributed by atoms with Crippen LogP contribution in [0.4, 0.5) is 4.79 Å². The molecule has 0 saturated carbocycles. The molecule has 7 nitrogen and oxygen atoms in total. The molecule has 8 heteroatoms. The Labute approximate surface area is 234 Å². The van der Waals surface area contributed by atoms with Gasteiger partial charge in [0.15, 0.2) is 0 Å². The number of carbonyl (C=O) groups excluding carboxylic acids is 1. The highest BCUT2D eigenvalue weighted by Gasteiger charge is 2.51. The molecule has 2 heterocycles. The van der Waals surface area contributed by atoms with Crippen LogP contribution in [0, 0.1) is 5.41 Å². The average Bonchev–Trinajstić information content (AvgIpc) is 3.34. The molecule has 2 atom stereocenters. The summed E-state index contributed by atoms with van der Waals surface area (Å²) in [5, 5.41) is 3.69. The zero-order valence-electron chi connectivity index (χ0n) is 24.5. The minimum atomic E-state index is -0.324. The van der Waals surface area contributed by atoms with E-state index < -0.39 is 0 Å². The second-order valence-corrected chi connectivity index (χ2v) is 12.1. The number of rotatable bonds is 11. The lowest BCUT2D eigenvalue weighted by Gasteiger charge is -2.36. The molecule has 0 radical (unpaired) electrons. The number of benzene rings is 2. The first kappa shape index (κ1) is 29.4. The van der Waals surface area contributed by atoms with Crippen LogP contribution in [-0.4, -0.2) is 55.6 Å². The summed E-state index contributed by atoms with van der Waals surface area (Å²) < 4.78 is 23.5. The number of nitrogens with zero attached hydrogens (tertiary/aromatic N) is 1. The molecule has 212 valence electrons. The maximum absolute atomic E-state index is 13.1. The number of hydrogen-bond acceptors (Lipinski definition) is 6. The molecule has 0 bridgehead atoms. The fraction of sp³-hybridized carbons (Fsp3) is 0.581. The standard InChI is InChI=1S/C31H45BN2O5/c1-24-31(23-33-21-25-13-15-27(36-6)16-14-25,17-10-19-32-38-29(2,3)30(4,5)39-32)18-20-34(24)28(35)37-22-26-11-8-7-9-12-26/h7-9,11-16,24,33H,10,17-23H2,1-6H3/t24-,31-/m1/s1. The molecular formula is C31H45BN2O5. The average molecular weight is 537 g/mol. The lowest BCUT2D eigenvalue weighted by molar-refractivity contribution is 0.00578. The molecule has 2 saturated heterocycles. The van der Waals surface area contributed by atoms with Gasteiger partial charge >= 0.3 is 13.2 Å². The van der Waals surface area contributed by atoms with E-state index in [9.17, 15) is 4.79 Å². The van der Waals surface area contributed by atoms with Crippen molar-refractivity contribution in [3.05, 3.63) is 65.7 Å². The van der Waals surface area contributed by atoms with Crippen LogP contribution in [0.2, 0.25) is 6.32 Å². The smallest absolute Gasteiger partial charge is 0.457 e. The fourth-order valence-electron chi connectivity index (χ4n) is 5.69.